The standard InChI is InChI=1S/C36H72O4/c1-3-5-7-9-10-11-12-13-14-15-16-17-20-23-26-30-34(37)36(40,32-28-8-6-4-2)33-29-25-22-19-18-21-24-27-31-35(38)39/h34,37,40H,3-33H2,1-2H3,(H,38,39). The lowest BCUT2D eigenvalue weighted by Crippen LogP contribution is -2.42. The second-order valence-electron chi connectivity index (χ2n) is 12.9. The molecule has 0 aromatic carbocycles. The largest absolute Gasteiger partial charge is 0.481 e. The molecule has 0 saturated heterocycles. The maximum Gasteiger partial charge on any atom is 0.303 e. The molecule has 0 heterocycles. The smallest absolute Gasteiger partial charge is 0.303 e. The lowest BCUT2D eigenvalue weighted by atomic mass is 9.82. The number of hydrogen-bond donors (Lipinski definition) is 3. The maximum absolute atomic E-state index is 11.4. The van der Waals surface area contributed by atoms with E-state index in [1.807, 2.05) is 0 Å². The monoisotopic (exact) mass is 569 g/mol. The van der Waals surface area contributed by atoms with Crippen LogP contribution < -0.4 is 0 Å². The summed E-state index contributed by atoms with van der Waals surface area (Å²) < 4.78 is 0. The van der Waals surface area contributed by atoms with E-state index in [9.17, 15) is 15.0 Å². The summed E-state index contributed by atoms with van der Waals surface area (Å²) in [6.07, 6.45) is 35.1. The van der Waals surface area contributed by atoms with Crippen LogP contribution in [0.15, 0.2) is 0 Å². The molecule has 4 heteroatoms. The van der Waals surface area contributed by atoms with Gasteiger partial charge in [0.05, 0.1) is 11.7 Å². The zero-order valence-corrected chi connectivity index (χ0v) is 27.2. The molecule has 4 nitrogen and oxygen atoms in total. The SMILES string of the molecule is CCCCCCCCCCCCCCCCCC(O)C(O)(CCCCCC)CCCCCCCCCCC(=O)O. The van der Waals surface area contributed by atoms with Crippen molar-refractivity contribution in [2.75, 3.05) is 0 Å². The molecule has 0 rings (SSSR count). The van der Waals surface area contributed by atoms with Crippen LogP contribution in [0.1, 0.15) is 213 Å². The van der Waals surface area contributed by atoms with Crippen molar-refractivity contribution >= 4 is 5.97 Å². The van der Waals surface area contributed by atoms with Gasteiger partial charge in [-0.15, -0.1) is 0 Å². The Hall–Kier alpha value is -0.610. The van der Waals surface area contributed by atoms with Crippen molar-refractivity contribution < 1.29 is 20.1 Å². The third kappa shape index (κ3) is 26.3. The van der Waals surface area contributed by atoms with E-state index in [0.29, 0.717) is 6.42 Å². The fourth-order valence-corrected chi connectivity index (χ4v) is 6.06. The number of hydrogen-bond acceptors (Lipinski definition) is 3. The predicted molar refractivity (Wildman–Crippen MR) is 173 cm³/mol. The first-order chi connectivity index (χ1) is 19.5. The average Bonchev–Trinajstić information content (AvgIpc) is 2.94. The summed E-state index contributed by atoms with van der Waals surface area (Å²) >= 11 is 0. The number of aliphatic hydroxyl groups is 2. The van der Waals surface area contributed by atoms with Crippen LogP contribution in [0.2, 0.25) is 0 Å². The second-order valence-corrected chi connectivity index (χ2v) is 12.9. The van der Waals surface area contributed by atoms with Gasteiger partial charge in [0.15, 0.2) is 0 Å². The summed E-state index contributed by atoms with van der Waals surface area (Å²) in [6.45, 7) is 4.49. The Morgan fingerprint density at radius 1 is 0.500 bits per heavy atom. The van der Waals surface area contributed by atoms with Crippen LogP contribution in [0.4, 0.5) is 0 Å². The first-order valence-electron chi connectivity index (χ1n) is 18.1. The van der Waals surface area contributed by atoms with Crippen molar-refractivity contribution in [1.29, 1.82) is 0 Å². The van der Waals surface area contributed by atoms with Crippen LogP contribution in [0.25, 0.3) is 0 Å². The number of carboxylic acid groups (broad SMARTS) is 1. The molecule has 2 atom stereocenters. The summed E-state index contributed by atoms with van der Waals surface area (Å²) in [4.78, 5) is 10.6. The maximum atomic E-state index is 11.4. The van der Waals surface area contributed by atoms with E-state index < -0.39 is 17.7 Å². The van der Waals surface area contributed by atoms with Gasteiger partial charge in [-0.3, -0.25) is 4.79 Å². The Labute approximate surface area is 250 Å². The van der Waals surface area contributed by atoms with Gasteiger partial charge in [0.2, 0.25) is 0 Å². The molecular weight excluding hydrogens is 496 g/mol. The number of unbranched alkanes of at least 4 members (excludes halogenated alkanes) is 24. The van der Waals surface area contributed by atoms with E-state index in [2.05, 4.69) is 13.8 Å². The van der Waals surface area contributed by atoms with Gasteiger partial charge in [-0.1, -0.05) is 181 Å². The van der Waals surface area contributed by atoms with Crippen LogP contribution in [-0.2, 0) is 4.79 Å². The van der Waals surface area contributed by atoms with Crippen LogP contribution in [-0.4, -0.2) is 33.0 Å². The second kappa shape index (κ2) is 29.9. The zero-order valence-electron chi connectivity index (χ0n) is 27.2. The predicted octanol–water partition coefficient (Wildman–Crippen LogP) is 11.3. The number of carbonyl (C=O) groups is 1. The van der Waals surface area contributed by atoms with Crippen molar-refractivity contribution in [3.05, 3.63) is 0 Å². The van der Waals surface area contributed by atoms with E-state index in [-0.39, 0.29) is 0 Å². The highest BCUT2D eigenvalue weighted by Gasteiger charge is 2.33. The summed E-state index contributed by atoms with van der Waals surface area (Å²) in [5.74, 6) is -0.691. The third-order valence-electron chi connectivity index (χ3n) is 8.91. The van der Waals surface area contributed by atoms with Gasteiger partial charge in [0.1, 0.15) is 0 Å². The van der Waals surface area contributed by atoms with Crippen LogP contribution in [0.5, 0.6) is 0 Å². The number of carboxylic acids is 1. The molecule has 0 spiro atoms. The molecule has 0 aliphatic carbocycles. The summed E-state index contributed by atoms with van der Waals surface area (Å²) in [5, 5.41) is 31.1. The van der Waals surface area contributed by atoms with Gasteiger partial charge in [-0.2, -0.15) is 0 Å². The Morgan fingerprint density at radius 2 is 0.800 bits per heavy atom. The average molecular weight is 569 g/mol. The molecule has 0 aliphatic rings. The minimum absolute atomic E-state index is 0.290. The van der Waals surface area contributed by atoms with Crippen molar-refractivity contribution in [3.8, 4) is 0 Å². The first-order valence-corrected chi connectivity index (χ1v) is 18.1. The molecular formula is C36H72O4. The molecule has 0 amide bonds. The summed E-state index contributed by atoms with van der Waals surface area (Å²) in [5.41, 5.74) is -0.916. The van der Waals surface area contributed by atoms with Gasteiger partial charge >= 0.3 is 5.97 Å². The molecule has 0 bridgehead atoms. The summed E-state index contributed by atoms with van der Waals surface area (Å²) in [7, 11) is 0. The number of aliphatic hydroxyl groups excluding tert-OH is 1. The fraction of sp³-hybridized carbons (Fsp3) is 0.972. The molecule has 240 valence electrons. The van der Waals surface area contributed by atoms with E-state index in [1.54, 1.807) is 0 Å². The highest BCUT2D eigenvalue weighted by atomic mass is 16.4. The van der Waals surface area contributed by atoms with Crippen molar-refractivity contribution in [2.45, 2.75) is 225 Å². The van der Waals surface area contributed by atoms with E-state index in [1.165, 1.54) is 122 Å². The molecule has 3 N–H and O–H groups in total. The molecule has 40 heavy (non-hydrogen) atoms. The first kappa shape index (κ1) is 39.4. The van der Waals surface area contributed by atoms with Crippen molar-refractivity contribution in [3.63, 3.8) is 0 Å². The van der Waals surface area contributed by atoms with Gasteiger partial charge in [0, 0.05) is 6.42 Å². The fourth-order valence-electron chi connectivity index (χ4n) is 6.06. The molecule has 0 aromatic rings. The summed E-state index contributed by atoms with van der Waals surface area (Å²) in [6, 6.07) is 0. The van der Waals surface area contributed by atoms with E-state index >= 15 is 0 Å². The quantitative estimate of drug-likeness (QED) is 0.0688. The van der Waals surface area contributed by atoms with Gasteiger partial charge in [-0.05, 0) is 25.7 Å². The molecule has 0 radical (unpaired) electrons. The Kier molecular flexibility index (Phi) is 29.4. The highest BCUT2D eigenvalue weighted by molar-refractivity contribution is 5.66. The van der Waals surface area contributed by atoms with E-state index in [0.717, 1.165) is 70.6 Å². The minimum Gasteiger partial charge on any atom is -0.481 e. The lowest BCUT2D eigenvalue weighted by molar-refractivity contribution is -0.137. The molecule has 0 aromatic heterocycles. The molecule has 0 saturated carbocycles. The van der Waals surface area contributed by atoms with Crippen LogP contribution in [0.3, 0.4) is 0 Å². The Morgan fingerprint density at radius 3 is 1.18 bits per heavy atom. The lowest BCUT2D eigenvalue weighted by Gasteiger charge is -2.34. The Balaban J connectivity index is 3.95. The number of rotatable bonds is 33. The van der Waals surface area contributed by atoms with Gasteiger partial charge in [-0.25, -0.2) is 0 Å². The van der Waals surface area contributed by atoms with Gasteiger partial charge in [0.25, 0.3) is 0 Å². The number of aliphatic carboxylic acids is 1. The van der Waals surface area contributed by atoms with Crippen molar-refractivity contribution in [1.82, 2.24) is 0 Å². The molecule has 0 aliphatic heterocycles. The molecule has 2 unspecified atom stereocenters. The zero-order chi connectivity index (χ0) is 29.6. The third-order valence-corrected chi connectivity index (χ3v) is 8.91. The highest BCUT2D eigenvalue weighted by Crippen LogP contribution is 2.29. The minimum atomic E-state index is -0.916. The van der Waals surface area contributed by atoms with Crippen LogP contribution >= 0.6 is 0 Å². The topological polar surface area (TPSA) is 77.8 Å². The normalized spacial score (nSPS) is 13.9. The van der Waals surface area contributed by atoms with Crippen molar-refractivity contribution in [2.24, 2.45) is 0 Å². The van der Waals surface area contributed by atoms with E-state index in [4.69, 9.17) is 5.11 Å². The van der Waals surface area contributed by atoms with Gasteiger partial charge < -0.3 is 15.3 Å². The Bertz CT molecular complexity index is 523. The molecule has 0 fully saturated rings. The van der Waals surface area contributed by atoms with Crippen LogP contribution in [0, 0.1) is 0 Å².